The van der Waals surface area contributed by atoms with Gasteiger partial charge in [-0.15, -0.1) is 0 Å². The van der Waals surface area contributed by atoms with Crippen molar-refractivity contribution in [2.45, 2.75) is 33.1 Å². The van der Waals surface area contributed by atoms with Crippen molar-refractivity contribution < 1.29 is 5.11 Å². The summed E-state index contributed by atoms with van der Waals surface area (Å²) in [6, 6.07) is 0. The molecule has 15 heavy (non-hydrogen) atoms. The van der Waals surface area contributed by atoms with Gasteiger partial charge in [-0.2, -0.15) is 0 Å². The van der Waals surface area contributed by atoms with E-state index < -0.39 is 0 Å². The second-order valence-electron chi connectivity index (χ2n) is 5.32. The zero-order chi connectivity index (χ0) is 11.7. The molecule has 0 atom stereocenters. The molecule has 0 radical (unpaired) electrons. The zero-order valence-corrected chi connectivity index (χ0v) is 10.8. The highest BCUT2D eigenvalue weighted by atomic mass is 16.2. The van der Waals surface area contributed by atoms with E-state index in [1.807, 2.05) is 0 Å². The smallest absolute Gasteiger partial charge is 0.0431 e. The van der Waals surface area contributed by atoms with Gasteiger partial charge in [0.1, 0.15) is 0 Å². The zero-order valence-electron chi connectivity index (χ0n) is 10.8. The van der Waals surface area contributed by atoms with Crippen LogP contribution in [-0.2, 0) is 0 Å². The van der Waals surface area contributed by atoms with Crippen molar-refractivity contribution in [3.63, 3.8) is 0 Å². The minimum atomic E-state index is 0.306. The lowest BCUT2D eigenvalue weighted by molar-refractivity contribution is 0.236. The number of hydrogen-bond donors (Lipinski definition) is 2. The Hall–Kier alpha value is -0.120. The first-order chi connectivity index (χ1) is 6.98. The van der Waals surface area contributed by atoms with Gasteiger partial charge in [0, 0.05) is 13.2 Å². The summed E-state index contributed by atoms with van der Waals surface area (Å²) in [5, 5.41) is 12.3. The van der Waals surface area contributed by atoms with Gasteiger partial charge in [0.05, 0.1) is 0 Å². The molecule has 0 fully saturated rings. The average molecular weight is 216 g/mol. The summed E-state index contributed by atoms with van der Waals surface area (Å²) in [5.41, 5.74) is 0.306. The van der Waals surface area contributed by atoms with Crippen LogP contribution in [0.25, 0.3) is 0 Å². The number of nitrogens with one attached hydrogen (secondary N) is 1. The molecule has 0 aliphatic rings. The van der Waals surface area contributed by atoms with Crippen molar-refractivity contribution >= 4 is 0 Å². The van der Waals surface area contributed by atoms with E-state index in [-0.39, 0.29) is 0 Å². The van der Waals surface area contributed by atoms with E-state index in [9.17, 15) is 0 Å². The molecule has 2 N–H and O–H groups in total. The molecule has 0 heterocycles. The van der Waals surface area contributed by atoms with Crippen LogP contribution in [0.2, 0.25) is 0 Å². The minimum Gasteiger partial charge on any atom is -0.396 e. The first-order valence-electron chi connectivity index (χ1n) is 5.94. The van der Waals surface area contributed by atoms with Crippen LogP contribution in [0.15, 0.2) is 0 Å². The third-order valence-electron chi connectivity index (χ3n) is 2.57. The Labute approximate surface area is 94.9 Å². The van der Waals surface area contributed by atoms with E-state index in [0.717, 1.165) is 32.5 Å². The lowest BCUT2D eigenvalue weighted by atomic mass is 9.88. The molecule has 0 unspecified atom stereocenters. The third-order valence-corrected chi connectivity index (χ3v) is 2.57. The molecule has 0 aromatic heterocycles. The van der Waals surface area contributed by atoms with E-state index in [2.05, 4.69) is 38.2 Å². The predicted molar refractivity (Wildman–Crippen MR) is 66.1 cm³/mol. The van der Waals surface area contributed by atoms with Gasteiger partial charge in [-0.25, -0.2) is 0 Å². The van der Waals surface area contributed by atoms with Crippen molar-refractivity contribution in [2.75, 3.05) is 40.3 Å². The quantitative estimate of drug-likeness (QED) is 0.571. The Morgan fingerprint density at radius 2 is 1.87 bits per heavy atom. The van der Waals surface area contributed by atoms with Gasteiger partial charge in [-0.3, -0.25) is 0 Å². The van der Waals surface area contributed by atoms with Gasteiger partial charge in [-0.1, -0.05) is 13.8 Å². The number of aliphatic hydroxyl groups excluding tert-OH is 1. The summed E-state index contributed by atoms with van der Waals surface area (Å²) in [6.07, 6.45) is 3.19. The molecule has 0 bridgehead atoms. The van der Waals surface area contributed by atoms with Crippen LogP contribution in [0.5, 0.6) is 0 Å². The number of nitrogens with zero attached hydrogens (tertiary/aromatic N) is 1. The van der Waals surface area contributed by atoms with Crippen molar-refractivity contribution in [3.05, 3.63) is 0 Å². The molecule has 0 aromatic rings. The van der Waals surface area contributed by atoms with Crippen LogP contribution < -0.4 is 5.32 Å². The Bertz CT molecular complexity index is 147. The van der Waals surface area contributed by atoms with Crippen LogP contribution >= 0.6 is 0 Å². The van der Waals surface area contributed by atoms with E-state index in [1.165, 1.54) is 6.42 Å². The van der Waals surface area contributed by atoms with Crippen LogP contribution in [0, 0.1) is 5.41 Å². The summed E-state index contributed by atoms with van der Waals surface area (Å²) >= 11 is 0. The molecule has 92 valence electrons. The van der Waals surface area contributed by atoms with E-state index in [4.69, 9.17) is 5.11 Å². The standard InChI is InChI=1S/C12H28N2O/c1-12(2,7-5-10-15)11-13-8-6-9-14(3)4/h13,15H,5-11H2,1-4H3. The Kier molecular flexibility index (Phi) is 8.02. The maximum absolute atomic E-state index is 8.77. The fraction of sp³-hybridized carbons (Fsp3) is 1.00. The van der Waals surface area contributed by atoms with Gasteiger partial charge >= 0.3 is 0 Å². The molecule has 0 amide bonds. The number of hydrogen-bond acceptors (Lipinski definition) is 3. The molecule has 0 spiro atoms. The van der Waals surface area contributed by atoms with Gasteiger partial charge in [0.2, 0.25) is 0 Å². The normalized spacial score (nSPS) is 12.4. The number of aliphatic hydroxyl groups is 1. The maximum atomic E-state index is 8.77. The highest BCUT2D eigenvalue weighted by Crippen LogP contribution is 2.20. The van der Waals surface area contributed by atoms with Gasteiger partial charge in [-0.05, 0) is 51.9 Å². The lowest BCUT2D eigenvalue weighted by Crippen LogP contribution is -2.31. The van der Waals surface area contributed by atoms with Crippen LogP contribution in [0.3, 0.4) is 0 Å². The first kappa shape index (κ1) is 14.9. The third kappa shape index (κ3) is 10.2. The highest BCUT2D eigenvalue weighted by Gasteiger charge is 2.16. The summed E-state index contributed by atoms with van der Waals surface area (Å²) in [5.74, 6) is 0. The fourth-order valence-electron chi connectivity index (χ4n) is 1.59. The topological polar surface area (TPSA) is 35.5 Å². The van der Waals surface area contributed by atoms with E-state index in [1.54, 1.807) is 0 Å². The summed E-state index contributed by atoms with van der Waals surface area (Å²) in [4.78, 5) is 2.21. The summed E-state index contributed by atoms with van der Waals surface area (Å²) in [6.45, 7) is 8.08. The average Bonchev–Trinajstić information content (AvgIpc) is 2.14. The van der Waals surface area contributed by atoms with Crippen molar-refractivity contribution in [2.24, 2.45) is 5.41 Å². The van der Waals surface area contributed by atoms with Gasteiger partial charge in [0.15, 0.2) is 0 Å². The molecular formula is C12H28N2O. The predicted octanol–water partition coefficient (Wildman–Crippen LogP) is 1.33. The van der Waals surface area contributed by atoms with Crippen LogP contribution in [-0.4, -0.2) is 50.3 Å². The minimum absolute atomic E-state index is 0.306. The second kappa shape index (κ2) is 8.08. The molecule has 0 aliphatic carbocycles. The second-order valence-corrected chi connectivity index (χ2v) is 5.32. The van der Waals surface area contributed by atoms with Gasteiger partial charge in [0.25, 0.3) is 0 Å². The molecule has 3 heteroatoms. The Morgan fingerprint density at radius 1 is 1.20 bits per heavy atom. The Balaban J connectivity index is 3.40. The maximum Gasteiger partial charge on any atom is 0.0431 e. The summed E-state index contributed by atoms with van der Waals surface area (Å²) < 4.78 is 0. The molecule has 0 saturated heterocycles. The molecule has 0 rings (SSSR count). The number of rotatable bonds is 9. The first-order valence-corrected chi connectivity index (χ1v) is 5.94. The fourth-order valence-corrected chi connectivity index (χ4v) is 1.59. The Morgan fingerprint density at radius 3 is 2.40 bits per heavy atom. The van der Waals surface area contributed by atoms with Crippen molar-refractivity contribution in [3.8, 4) is 0 Å². The van der Waals surface area contributed by atoms with Crippen LogP contribution in [0.1, 0.15) is 33.1 Å². The molecule has 3 nitrogen and oxygen atoms in total. The highest BCUT2D eigenvalue weighted by molar-refractivity contribution is 4.71. The largest absolute Gasteiger partial charge is 0.396 e. The monoisotopic (exact) mass is 216 g/mol. The summed E-state index contributed by atoms with van der Waals surface area (Å²) in [7, 11) is 4.20. The van der Waals surface area contributed by atoms with Crippen molar-refractivity contribution in [1.82, 2.24) is 10.2 Å². The van der Waals surface area contributed by atoms with E-state index >= 15 is 0 Å². The molecule has 0 aromatic carbocycles. The van der Waals surface area contributed by atoms with Crippen molar-refractivity contribution in [1.29, 1.82) is 0 Å². The molecule has 0 aliphatic heterocycles. The lowest BCUT2D eigenvalue weighted by Gasteiger charge is -2.24. The van der Waals surface area contributed by atoms with Gasteiger partial charge < -0.3 is 15.3 Å². The molecule has 0 saturated carbocycles. The SMILES string of the molecule is CN(C)CCCNCC(C)(C)CCCO. The van der Waals surface area contributed by atoms with Crippen LogP contribution in [0.4, 0.5) is 0 Å². The van der Waals surface area contributed by atoms with E-state index in [0.29, 0.717) is 12.0 Å². The molecular weight excluding hydrogens is 188 g/mol.